The summed E-state index contributed by atoms with van der Waals surface area (Å²) in [6, 6.07) is 21.2. The molecule has 1 heterocycles. The first kappa shape index (κ1) is 36.2. The molecule has 0 amide bonds. The lowest BCUT2D eigenvalue weighted by atomic mass is 10.0. The molecule has 3 nitrogen and oxygen atoms in total. The van der Waals surface area contributed by atoms with Crippen molar-refractivity contribution in [2.75, 3.05) is 13.2 Å². The number of rotatable bonds is 14. The van der Waals surface area contributed by atoms with Crippen LogP contribution < -0.4 is 0 Å². The van der Waals surface area contributed by atoms with Crippen LogP contribution in [0.4, 0.5) is 0 Å². The van der Waals surface area contributed by atoms with Crippen LogP contribution in [0.25, 0.3) is 0 Å². The average Bonchev–Trinajstić information content (AvgIpc) is 3.64. The lowest BCUT2D eigenvalue weighted by Gasteiger charge is -2.02. The monoisotopic (exact) mass is 600 g/mol. The highest BCUT2D eigenvalue weighted by molar-refractivity contribution is 8.37. The minimum atomic E-state index is -0.260. The molecule has 2 aromatic carbocycles. The standard InChI is InChI=1S/C17H24O2.C17H24O.S3/c1-14(11-12-16-17(2,13-18)19-16)7-6-10-15-8-4-3-5-9-15;1-15(8-6-10-16(2)14-18)9-7-13-17-11-4-3-5-12-17;1-3-2/h3-5,7-9,16,18H,6,10-13H2,1-2H3;3-5,9-12,18H,6-8,13-14H2,1-2H3;/b14-7+;15-9+,16-10-;. The van der Waals surface area contributed by atoms with Gasteiger partial charge in [0, 0.05) is 31.3 Å². The SMILES string of the molecule is C/C(=C/CC/C(C)=C/CCc1ccccc1)CO.C/C(=C\CCc1ccccc1)CCC1OC1(C)CO.S=S=S. The summed E-state index contributed by atoms with van der Waals surface area (Å²) in [6.45, 7) is 8.63. The topological polar surface area (TPSA) is 53.0 Å². The zero-order chi connectivity index (χ0) is 29.6. The first-order valence-electron chi connectivity index (χ1n) is 14.1. The Labute approximate surface area is 255 Å². The summed E-state index contributed by atoms with van der Waals surface area (Å²) in [4.78, 5) is 0. The number of benzene rings is 2. The summed E-state index contributed by atoms with van der Waals surface area (Å²) >= 11 is 8.25. The Morgan fingerprint density at radius 2 is 1.23 bits per heavy atom. The summed E-state index contributed by atoms with van der Waals surface area (Å²) in [6.07, 6.45) is 15.6. The highest BCUT2D eigenvalue weighted by Crippen LogP contribution is 2.39. The molecule has 0 aliphatic carbocycles. The van der Waals surface area contributed by atoms with Gasteiger partial charge in [-0.15, -0.1) is 0 Å². The molecule has 1 aliphatic rings. The maximum absolute atomic E-state index is 9.13. The average molecular weight is 601 g/mol. The third-order valence-electron chi connectivity index (χ3n) is 6.97. The molecular weight excluding hydrogens is 553 g/mol. The molecule has 1 saturated heterocycles. The van der Waals surface area contributed by atoms with Crippen LogP contribution in [-0.2, 0) is 48.8 Å². The largest absolute Gasteiger partial charge is 0.393 e. The molecule has 40 heavy (non-hydrogen) atoms. The zero-order valence-electron chi connectivity index (χ0n) is 24.7. The van der Waals surface area contributed by atoms with Crippen LogP contribution in [0, 0.1) is 0 Å². The molecule has 1 fully saturated rings. The highest BCUT2D eigenvalue weighted by atomic mass is 33.1. The van der Waals surface area contributed by atoms with Gasteiger partial charge in [0.05, 0.1) is 19.3 Å². The molecule has 2 unspecified atom stereocenters. The lowest BCUT2D eigenvalue weighted by molar-refractivity contribution is 0.184. The number of aliphatic hydroxyl groups is 2. The van der Waals surface area contributed by atoms with Gasteiger partial charge in [0.15, 0.2) is 0 Å². The van der Waals surface area contributed by atoms with Crippen LogP contribution in [0.1, 0.15) is 77.3 Å². The Balaban J connectivity index is 0.000000365. The van der Waals surface area contributed by atoms with Gasteiger partial charge in [0.1, 0.15) is 5.60 Å². The van der Waals surface area contributed by atoms with E-state index < -0.39 is 0 Å². The first-order valence-corrected chi connectivity index (χ1v) is 16.8. The van der Waals surface area contributed by atoms with Crippen molar-refractivity contribution in [3.8, 4) is 0 Å². The molecule has 0 spiro atoms. The van der Waals surface area contributed by atoms with E-state index >= 15 is 0 Å². The molecule has 2 atom stereocenters. The van der Waals surface area contributed by atoms with Crippen molar-refractivity contribution >= 4 is 31.3 Å². The number of epoxide rings is 1. The number of ether oxygens (including phenoxy) is 1. The van der Waals surface area contributed by atoms with Crippen LogP contribution in [0.15, 0.2) is 95.6 Å². The van der Waals surface area contributed by atoms with Gasteiger partial charge in [0.2, 0.25) is 0 Å². The Morgan fingerprint density at radius 3 is 1.65 bits per heavy atom. The third kappa shape index (κ3) is 17.1. The predicted octanol–water partition coefficient (Wildman–Crippen LogP) is 7.77. The second-order valence-corrected chi connectivity index (χ2v) is 12.3. The molecule has 0 aromatic heterocycles. The molecule has 0 saturated carbocycles. The van der Waals surface area contributed by atoms with E-state index in [9.17, 15) is 0 Å². The Hall–Kier alpha value is -1.80. The van der Waals surface area contributed by atoms with Crippen LogP contribution in [0.3, 0.4) is 0 Å². The molecule has 3 rings (SSSR count). The molecular formula is C34H48O3S3. The fourth-order valence-corrected chi connectivity index (χ4v) is 4.23. The summed E-state index contributed by atoms with van der Waals surface area (Å²) in [5.41, 5.74) is 6.46. The molecule has 0 radical (unpaired) electrons. The summed E-state index contributed by atoms with van der Waals surface area (Å²) in [5.74, 6) is 0. The number of aryl methyl sites for hydroxylation is 2. The van der Waals surface area contributed by atoms with Gasteiger partial charge in [-0.1, -0.05) is 95.6 Å². The fraction of sp³-hybridized carbons (Fsp3) is 0.471. The quantitative estimate of drug-likeness (QED) is 0.171. The van der Waals surface area contributed by atoms with Gasteiger partial charge in [-0.25, -0.2) is 0 Å². The summed E-state index contributed by atoms with van der Waals surface area (Å²) in [7, 11) is 0.917. The molecule has 2 aromatic rings. The maximum atomic E-state index is 9.13. The van der Waals surface area contributed by atoms with E-state index in [-0.39, 0.29) is 24.9 Å². The molecule has 220 valence electrons. The predicted molar refractivity (Wildman–Crippen MR) is 179 cm³/mol. The van der Waals surface area contributed by atoms with Gasteiger partial charge in [-0.05, 0) is 90.2 Å². The van der Waals surface area contributed by atoms with E-state index in [0.29, 0.717) is 0 Å². The highest BCUT2D eigenvalue weighted by Gasteiger charge is 2.50. The second-order valence-electron chi connectivity index (χ2n) is 10.6. The minimum absolute atomic E-state index is 0.133. The molecule has 6 heteroatoms. The van der Waals surface area contributed by atoms with Crippen molar-refractivity contribution < 1.29 is 14.9 Å². The molecule has 1 aliphatic heterocycles. The number of aliphatic hydroxyl groups excluding tert-OH is 2. The Kier molecular flexibility index (Phi) is 19.8. The number of hydrogen-bond acceptors (Lipinski definition) is 5. The minimum Gasteiger partial charge on any atom is -0.393 e. The normalized spacial score (nSPS) is 18.6. The van der Waals surface area contributed by atoms with E-state index in [2.05, 4.69) is 115 Å². The van der Waals surface area contributed by atoms with E-state index in [1.807, 2.05) is 13.8 Å². The van der Waals surface area contributed by atoms with Gasteiger partial charge < -0.3 is 14.9 Å². The fourth-order valence-electron chi connectivity index (χ4n) is 4.23. The number of hydrogen-bond donors (Lipinski definition) is 2. The van der Waals surface area contributed by atoms with Gasteiger partial charge in [-0.2, -0.15) is 0 Å². The second kappa shape index (κ2) is 21.9. The third-order valence-corrected chi connectivity index (χ3v) is 6.97. The van der Waals surface area contributed by atoms with E-state index in [1.165, 1.54) is 22.3 Å². The maximum Gasteiger partial charge on any atom is 0.115 e. The van der Waals surface area contributed by atoms with Gasteiger partial charge in [-0.3, -0.25) is 0 Å². The molecule has 2 N–H and O–H groups in total. The van der Waals surface area contributed by atoms with Crippen molar-refractivity contribution in [2.45, 2.75) is 90.8 Å². The summed E-state index contributed by atoms with van der Waals surface area (Å²) < 4.78 is 5.50. The van der Waals surface area contributed by atoms with E-state index in [0.717, 1.165) is 65.8 Å². The van der Waals surface area contributed by atoms with Crippen LogP contribution in [0.2, 0.25) is 0 Å². The van der Waals surface area contributed by atoms with E-state index in [4.69, 9.17) is 14.9 Å². The van der Waals surface area contributed by atoms with Gasteiger partial charge >= 0.3 is 0 Å². The van der Waals surface area contributed by atoms with E-state index in [1.54, 1.807) is 0 Å². The first-order chi connectivity index (χ1) is 19.3. The van der Waals surface area contributed by atoms with Crippen molar-refractivity contribution in [3.63, 3.8) is 0 Å². The zero-order valence-corrected chi connectivity index (χ0v) is 27.1. The Morgan fingerprint density at radius 1 is 0.775 bits per heavy atom. The van der Waals surface area contributed by atoms with Crippen molar-refractivity contribution in [1.82, 2.24) is 0 Å². The lowest BCUT2D eigenvalue weighted by Crippen LogP contribution is -2.14. The smallest absolute Gasteiger partial charge is 0.115 e. The van der Waals surface area contributed by atoms with Crippen LogP contribution in [-0.4, -0.2) is 35.1 Å². The van der Waals surface area contributed by atoms with Gasteiger partial charge in [0.25, 0.3) is 0 Å². The number of allylic oxidation sites excluding steroid dienone is 5. The van der Waals surface area contributed by atoms with Crippen LogP contribution >= 0.6 is 0 Å². The molecule has 0 bridgehead atoms. The van der Waals surface area contributed by atoms with Crippen LogP contribution in [0.5, 0.6) is 0 Å². The van der Waals surface area contributed by atoms with Crippen molar-refractivity contribution in [1.29, 1.82) is 0 Å². The summed E-state index contributed by atoms with van der Waals surface area (Å²) in [5, 5.41) is 18.0. The van der Waals surface area contributed by atoms with Crippen molar-refractivity contribution in [3.05, 3.63) is 107 Å². The Bertz CT molecular complexity index is 1070. The van der Waals surface area contributed by atoms with Crippen molar-refractivity contribution in [2.24, 2.45) is 0 Å².